The number of carbonyl (C=O) groups excluding carboxylic acids is 1. The summed E-state index contributed by atoms with van der Waals surface area (Å²) in [6, 6.07) is -0.0446. The number of nitrogens with zero attached hydrogens (tertiary/aromatic N) is 1. The number of hydrogen-bond donors (Lipinski definition) is 1. The Morgan fingerprint density at radius 1 is 1.09 bits per heavy atom. The molecule has 1 amide bonds. The van der Waals surface area contributed by atoms with E-state index in [4.69, 9.17) is 9.16 Å². The molecule has 0 aromatic carbocycles. The van der Waals surface area contributed by atoms with Gasteiger partial charge >= 0.3 is 6.09 Å². The Bertz CT molecular complexity index is 668. The van der Waals surface area contributed by atoms with Gasteiger partial charge in [-0.25, -0.2) is 4.79 Å². The molecule has 0 aromatic heterocycles. The Hall–Kier alpha value is -0.283. The van der Waals surface area contributed by atoms with Gasteiger partial charge in [-0.1, -0.05) is 20.8 Å². The Labute approximate surface area is 201 Å². The summed E-state index contributed by atoms with van der Waals surface area (Å²) in [5, 5.41) is 0.175. The molecule has 1 saturated heterocycles. The van der Waals surface area contributed by atoms with Crippen molar-refractivity contribution in [2.45, 2.75) is 129 Å². The molecule has 1 aliphatic carbocycles. The molecular weight excluding hydrogens is 440 g/mol. The SMILES string of the molecule is CC(C)(C)OC(=O)N1CCC2(CCC(O[Si](C)(C)C(C)(C)C)C2)C(N[S+]([O-])C(C)(C)C)C1. The second-order valence-electron chi connectivity index (χ2n) is 13.3. The summed E-state index contributed by atoms with van der Waals surface area (Å²) in [6.07, 6.45) is 3.85. The minimum absolute atomic E-state index is 0.00749. The molecule has 1 heterocycles. The molecule has 0 bridgehead atoms. The van der Waals surface area contributed by atoms with Crippen LogP contribution in [0.5, 0.6) is 0 Å². The first-order valence-electron chi connectivity index (χ1n) is 12.1. The van der Waals surface area contributed by atoms with Crippen molar-refractivity contribution in [1.82, 2.24) is 9.62 Å². The highest BCUT2D eigenvalue weighted by atomic mass is 32.2. The standard InChI is InChI=1S/C24H48N2O4SSi/c1-21(2,3)29-20(27)26-15-14-24(19(17-26)25-31(28)22(4,5)6)13-12-18(16-24)30-32(10,11)23(7,8)9/h18-19,25H,12-17H2,1-11H3. The van der Waals surface area contributed by atoms with Crippen LogP contribution in [0.3, 0.4) is 0 Å². The van der Waals surface area contributed by atoms with E-state index < -0.39 is 25.3 Å². The fourth-order valence-electron chi connectivity index (χ4n) is 4.34. The van der Waals surface area contributed by atoms with Crippen molar-refractivity contribution < 1.29 is 18.5 Å². The summed E-state index contributed by atoms with van der Waals surface area (Å²) in [4.78, 5) is 14.6. The molecule has 32 heavy (non-hydrogen) atoms. The molecular formula is C24H48N2O4SSi. The number of rotatable bonds is 4. The Kier molecular flexibility index (Phi) is 8.21. The molecule has 4 atom stereocenters. The number of amides is 1. The summed E-state index contributed by atoms with van der Waals surface area (Å²) in [7, 11) is -1.86. The second-order valence-corrected chi connectivity index (χ2v) is 20.1. The molecule has 188 valence electrons. The number of carbonyl (C=O) groups is 1. The predicted octanol–water partition coefficient (Wildman–Crippen LogP) is 5.61. The van der Waals surface area contributed by atoms with Gasteiger partial charge in [0.25, 0.3) is 0 Å². The van der Waals surface area contributed by atoms with Crippen LogP contribution in [0.25, 0.3) is 0 Å². The van der Waals surface area contributed by atoms with Gasteiger partial charge in [0.1, 0.15) is 10.3 Å². The maximum Gasteiger partial charge on any atom is 0.410 e. The highest BCUT2D eigenvalue weighted by Crippen LogP contribution is 2.50. The number of likely N-dealkylation sites (tertiary alicyclic amines) is 1. The van der Waals surface area contributed by atoms with Gasteiger partial charge in [0.05, 0.1) is 6.04 Å². The summed E-state index contributed by atoms with van der Waals surface area (Å²) >= 11 is -1.21. The lowest BCUT2D eigenvalue weighted by molar-refractivity contribution is 0.00180. The van der Waals surface area contributed by atoms with Crippen LogP contribution in [-0.4, -0.2) is 59.4 Å². The van der Waals surface area contributed by atoms with Gasteiger partial charge in [-0.15, -0.1) is 4.72 Å². The molecule has 0 aromatic rings. The fraction of sp³-hybridized carbons (Fsp3) is 0.958. The molecule has 8 heteroatoms. The molecule has 2 aliphatic rings. The number of hydrogen-bond acceptors (Lipinski definition) is 5. The van der Waals surface area contributed by atoms with Crippen LogP contribution >= 0.6 is 0 Å². The van der Waals surface area contributed by atoms with E-state index in [9.17, 15) is 9.35 Å². The zero-order chi connectivity index (χ0) is 24.8. The molecule has 6 nitrogen and oxygen atoms in total. The van der Waals surface area contributed by atoms with Crippen LogP contribution in [-0.2, 0) is 20.5 Å². The van der Waals surface area contributed by atoms with Crippen molar-refractivity contribution in [2.24, 2.45) is 5.41 Å². The van der Waals surface area contributed by atoms with Crippen molar-refractivity contribution in [1.29, 1.82) is 0 Å². The molecule has 0 radical (unpaired) electrons. The third kappa shape index (κ3) is 6.87. The van der Waals surface area contributed by atoms with E-state index in [2.05, 4.69) is 38.6 Å². The molecule has 4 unspecified atom stereocenters. The van der Waals surface area contributed by atoms with Gasteiger partial charge in [-0.3, -0.25) is 0 Å². The highest BCUT2D eigenvalue weighted by Gasteiger charge is 2.53. The third-order valence-electron chi connectivity index (χ3n) is 7.34. The lowest BCUT2D eigenvalue weighted by Gasteiger charge is -2.47. The molecule has 1 N–H and O–H groups in total. The van der Waals surface area contributed by atoms with Crippen molar-refractivity contribution >= 4 is 25.8 Å². The molecule has 2 rings (SSSR count). The van der Waals surface area contributed by atoms with Gasteiger partial charge in [0, 0.05) is 30.6 Å². The fourth-order valence-corrected chi connectivity index (χ4v) is 6.67. The third-order valence-corrected chi connectivity index (χ3v) is 13.5. The average Bonchev–Trinajstić information content (AvgIpc) is 2.96. The number of nitrogens with one attached hydrogen (secondary N) is 1. The van der Waals surface area contributed by atoms with Gasteiger partial charge in [-0.05, 0) is 90.8 Å². The van der Waals surface area contributed by atoms with Gasteiger partial charge < -0.3 is 18.6 Å². The molecule has 2 fully saturated rings. The van der Waals surface area contributed by atoms with Crippen molar-refractivity contribution in [3.8, 4) is 0 Å². The van der Waals surface area contributed by atoms with Crippen LogP contribution in [0, 0.1) is 5.41 Å². The van der Waals surface area contributed by atoms with Crippen LogP contribution in [0.15, 0.2) is 0 Å². The molecule has 1 spiro atoms. The summed E-state index contributed by atoms with van der Waals surface area (Å²) in [5.74, 6) is 0. The predicted molar refractivity (Wildman–Crippen MR) is 136 cm³/mol. The van der Waals surface area contributed by atoms with Crippen molar-refractivity contribution in [2.75, 3.05) is 13.1 Å². The van der Waals surface area contributed by atoms with Crippen molar-refractivity contribution in [3.05, 3.63) is 0 Å². The summed E-state index contributed by atoms with van der Waals surface area (Å²) in [5.41, 5.74) is -0.536. The van der Waals surface area contributed by atoms with E-state index in [-0.39, 0.29) is 33.4 Å². The normalized spacial score (nSPS) is 28.8. The Balaban J connectivity index is 2.20. The largest absolute Gasteiger partial charge is 0.598 e. The zero-order valence-electron chi connectivity index (χ0n) is 22.4. The van der Waals surface area contributed by atoms with Gasteiger partial charge in [0.15, 0.2) is 8.32 Å². The number of ether oxygens (including phenoxy) is 1. The van der Waals surface area contributed by atoms with E-state index >= 15 is 0 Å². The zero-order valence-corrected chi connectivity index (χ0v) is 24.2. The second kappa shape index (κ2) is 9.40. The monoisotopic (exact) mass is 488 g/mol. The maximum atomic E-state index is 13.1. The van der Waals surface area contributed by atoms with Gasteiger partial charge in [0.2, 0.25) is 0 Å². The van der Waals surface area contributed by atoms with E-state index in [0.717, 1.165) is 25.7 Å². The van der Waals surface area contributed by atoms with Crippen LogP contribution in [0.1, 0.15) is 88.0 Å². The van der Waals surface area contributed by atoms with E-state index in [1.54, 1.807) is 4.90 Å². The minimum atomic E-state index is -1.86. The number of piperidine rings is 1. The molecule has 1 aliphatic heterocycles. The van der Waals surface area contributed by atoms with Crippen molar-refractivity contribution in [3.63, 3.8) is 0 Å². The Morgan fingerprint density at radius 2 is 1.69 bits per heavy atom. The lowest BCUT2D eigenvalue weighted by Crippen LogP contribution is -2.61. The van der Waals surface area contributed by atoms with Crippen LogP contribution in [0.2, 0.25) is 18.1 Å². The smallest absolute Gasteiger partial charge is 0.410 e. The first-order chi connectivity index (χ1) is 14.3. The van der Waals surface area contributed by atoms with E-state index in [1.807, 2.05) is 41.5 Å². The maximum absolute atomic E-state index is 13.1. The first-order valence-corrected chi connectivity index (χ1v) is 16.2. The molecule has 1 saturated carbocycles. The summed E-state index contributed by atoms with van der Waals surface area (Å²) in [6.45, 7) is 24.3. The van der Waals surface area contributed by atoms with E-state index in [1.165, 1.54) is 0 Å². The quantitative estimate of drug-likeness (QED) is 0.411. The van der Waals surface area contributed by atoms with Crippen LogP contribution < -0.4 is 4.72 Å². The van der Waals surface area contributed by atoms with E-state index in [0.29, 0.717) is 13.1 Å². The topological polar surface area (TPSA) is 73.9 Å². The highest BCUT2D eigenvalue weighted by molar-refractivity contribution is 7.90. The Morgan fingerprint density at radius 3 is 2.19 bits per heavy atom. The minimum Gasteiger partial charge on any atom is -0.598 e. The lowest BCUT2D eigenvalue weighted by atomic mass is 9.73. The van der Waals surface area contributed by atoms with Gasteiger partial charge in [-0.2, -0.15) is 0 Å². The summed E-state index contributed by atoms with van der Waals surface area (Å²) < 4.78 is 28.5. The average molecular weight is 489 g/mol. The first kappa shape index (κ1) is 28.0. The van der Waals surface area contributed by atoms with Crippen LogP contribution in [0.4, 0.5) is 4.79 Å².